The molecule has 134 valence electrons. The molecule has 6 heteroatoms. The van der Waals surface area contributed by atoms with E-state index in [-0.39, 0.29) is 5.56 Å². The van der Waals surface area contributed by atoms with Gasteiger partial charge in [0.15, 0.2) is 5.65 Å². The molecular weight excluding hydrogens is 416 g/mol. The maximum Gasteiger partial charge on any atom is 0.263 e. The number of benzene rings is 2. The van der Waals surface area contributed by atoms with Gasteiger partial charge in [-0.25, -0.2) is 9.97 Å². The summed E-state index contributed by atoms with van der Waals surface area (Å²) in [5, 5.41) is 1.03. The average Bonchev–Trinajstić information content (AvgIpc) is 2.74. The number of aromatic amines is 1. The zero-order valence-electron chi connectivity index (χ0n) is 14.6. The number of fused-ring (bicyclic) bond motifs is 2. The van der Waals surface area contributed by atoms with Crippen molar-refractivity contribution in [2.75, 3.05) is 0 Å². The van der Waals surface area contributed by atoms with Gasteiger partial charge in [-0.2, -0.15) is 0 Å². The van der Waals surface area contributed by atoms with Gasteiger partial charge in [0.05, 0.1) is 21.4 Å². The molecule has 0 aliphatic carbocycles. The van der Waals surface area contributed by atoms with E-state index < -0.39 is 0 Å². The summed E-state index contributed by atoms with van der Waals surface area (Å²) in [4.78, 5) is 28.8. The summed E-state index contributed by atoms with van der Waals surface area (Å²) >= 11 is 3.27. The molecule has 5 aromatic rings. The Hall–Kier alpha value is -3.38. The Bertz CT molecular complexity index is 1400. The molecule has 3 aromatic heterocycles. The molecule has 0 amide bonds. The minimum atomic E-state index is -0.231. The molecule has 0 saturated carbocycles. The van der Waals surface area contributed by atoms with Crippen LogP contribution < -0.4 is 5.56 Å². The average molecular weight is 429 g/mol. The van der Waals surface area contributed by atoms with Crippen LogP contribution in [0.4, 0.5) is 0 Å². The number of nitrogens with one attached hydrogen (secondary N) is 1. The highest BCUT2D eigenvalue weighted by Crippen LogP contribution is 2.32. The number of aromatic nitrogens is 4. The van der Waals surface area contributed by atoms with E-state index in [9.17, 15) is 4.79 Å². The number of hydrogen-bond donors (Lipinski definition) is 1. The van der Waals surface area contributed by atoms with E-state index in [1.807, 2.05) is 54.6 Å². The van der Waals surface area contributed by atoms with Crippen LogP contribution in [0, 0.1) is 0 Å². The molecule has 3 heterocycles. The van der Waals surface area contributed by atoms with Gasteiger partial charge in [0.25, 0.3) is 5.56 Å². The second-order valence-electron chi connectivity index (χ2n) is 6.38. The van der Waals surface area contributed by atoms with Crippen LogP contribution in [-0.2, 0) is 0 Å². The third kappa shape index (κ3) is 2.88. The standard InChI is InChI=1S/C22H13BrN4O/c23-16-12-18-21(27-22(16)28)26-19(13-5-2-1-3-6-13)20(25-18)15-8-9-17-14(11-15)7-4-10-24-17/h1-12H,(H,26,27,28). The predicted octanol–water partition coefficient (Wildman–Crippen LogP) is 4.96. The first kappa shape index (κ1) is 16.8. The highest BCUT2D eigenvalue weighted by molar-refractivity contribution is 9.10. The van der Waals surface area contributed by atoms with E-state index >= 15 is 0 Å². The Kier molecular flexibility index (Phi) is 3.98. The first-order valence-corrected chi connectivity index (χ1v) is 9.49. The summed E-state index contributed by atoms with van der Waals surface area (Å²) in [5.41, 5.74) is 5.11. The van der Waals surface area contributed by atoms with Gasteiger partial charge >= 0.3 is 0 Å². The van der Waals surface area contributed by atoms with Crippen molar-refractivity contribution < 1.29 is 0 Å². The molecule has 0 radical (unpaired) electrons. The first-order chi connectivity index (χ1) is 13.7. The van der Waals surface area contributed by atoms with Gasteiger partial charge < -0.3 is 4.98 Å². The molecule has 28 heavy (non-hydrogen) atoms. The Balaban J connectivity index is 1.84. The van der Waals surface area contributed by atoms with Crippen LogP contribution in [0.5, 0.6) is 0 Å². The quantitative estimate of drug-likeness (QED) is 0.431. The zero-order valence-corrected chi connectivity index (χ0v) is 16.1. The van der Waals surface area contributed by atoms with Gasteiger partial charge in [-0.3, -0.25) is 9.78 Å². The number of H-pyrrole nitrogens is 1. The fourth-order valence-electron chi connectivity index (χ4n) is 3.22. The van der Waals surface area contributed by atoms with Crippen molar-refractivity contribution in [2.45, 2.75) is 0 Å². The predicted molar refractivity (Wildman–Crippen MR) is 114 cm³/mol. The molecular formula is C22H13BrN4O. The first-order valence-electron chi connectivity index (χ1n) is 8.70. The smallest absolute Gasteiger partial charge is 0.263 e. The van der Waals surface area contributed by atoms with Crippen molar-refractivity contribution in [3.8, 4) is 22.5 Å². The summed E-state index contributed by atoms with van der Waals surface area (Å²) in [6.07, 6.45) is 1.78. The summed E-state index contributed by atoms with van der Waals surface area (Å²) in [6.45, 7) is 0. The molecule has 5 rings (SSSR count). The van der Waals surface area contributed by atoms with Gasteiger partial charge in [0.1, 0.15) is 5.52 Å². The second-order valence-corrected chi connectivity index (χ2v) is 7.23. The minimum absolute atomic E-state index is 0.231. The second kappa shape index (κ2) is 6.65. The number of pyridine rings is 2. The number of rotatable bonds is 2. The molecule has 0 spiro atoms. The maximum absolute atomic E-state index is 12.0. The van der Waals surface area contributed by atoms with Gasteiger partial charge in [0, 0.05) is 22.7 Å². The SMILES string of the molecule is O=c1[nH]c2nc(-c3ccccc3)c(-c3ccc4ncccc4c3)nc2cc1Br. The fourth-order valence-corrected chi connectivity index (χ4v) is 3.53. The number of nitrogens with zero attached hydrogens (tertiary/aromatic N) is 3. The van der Waals surface area contributed by atoms with E-state index in [4.69, 9.17) is 9.97 Å². The lowest BCUT2D eigenvalue weighted by molar-refractivity contribution is 1.18. The molecule has 0 unspecified atom stereocenters. The van der Waals surface area contributed by atoms with Crippen LogP contribution in [0.15, 0.2) is 82.2 Å². The normalized spacial score (nSPS) is 11.2. The third-order valence-electron chi connectivity index (χ3n) is 4.56. The Morgan fingerprint density at radius 2 is 1.61 bits per heavy atom. The Morgan fingerprint density at radius 3 is 2.46 bits per heavy atom. The summed E-state index contributed by atoms with van der Waals surface area (Å²) < 4.78 is 0.426. The lowest BCUT2D eigenvalue weighted by atomic mass is 10.0. The van der Waals surface area contributed by atoms with Crippen molar-refractivity contribution in [1.82, 2.24) is 19.9 Å². The monoisotopic (exact) mass is 428 g/mol. The van der Waals surface area contributed by atoms with Gasteiger partial charge in [0.2, 0.25) is 0 Å². The summed E-state index contributed by atoms with van der Waals surface area (Å²) in [7, 11) is 0. The van der Waals surface area contributed by atoms with Crippen molar-refractivity contribution in [3.05, 3.63) is 87.8 Å². The van der Waals surface area contributed by atoms with Gasteiger partial charge in [-0.05, 0) is 40.2 Å². The lowest BCUT2D eigenvalue weighted by Crippen LogP contribution is -2.08. The highest BCUT2D eigenvalue weighted by Gasteiger charge is 2.15. The molecule has 0 bridgehead atoms. The number of halogens is 1. The summed E-state index contributed by atoms with van der Waals surface area (Å²) in [5.74, 6) is 0. The van der Waals surface area contributed by atoms with Gasteiger partial charge in [-0.15, -0.1) is 0 Å². The van der Waals surface area contributed by atoms with Crippen LogP contribution in [0.1, 0.15) is 0 Å². The van der Waals surface area contributed by atoms with Crippen LogP contribution in [0.25, 0.3) is 44.6 Å². The molecule has 0 fully saturated rings. The molecule has 0 aliphatic rings. The molecule has 1 N–H and O–H groups in total. The Labute approximate surface area is 168 Å². The van der Waals surface area contributed by atoms with Gasteiger partial charge in [-0.1, -0.05) is 42.5 Å². The van der Waals surface area contributed by atoms with Crippen LogP contribution >= 0.6 is 15.9 Å². The molecule has 0 saturated heterocycles. The van der Waals surface area contributed by atoms with E-state index in [1.165, 1.54) is 0 Å². The molecule has 0 aliphatic heterocycles. The minimum Gasteiger partial charge on any atom is -0.304 e. The van der Waals surface area contributed by atoms with Crippen LogP contribution in [0.3, 0.4) is 0 Å². The zero-order chi connectivity index (χ0) is 19.1. The topological polar surface area (TPSA) is 71.5 Å². The van der Waals surface area contributed by atoms with E-state index in [1.54, 1.807) is 12.3 Å². The molecule has 2 aromatic carbocycles. The van der Waals surface area contributed by atoms with Crippen molar-refractivity contribution in [2.24, 2.45) is 0 Å². The van der Waals surface area contributed by atoms with Crippen LogP contribution in [0.2, 0.25) is 0 Å². The van der Waals surface area contributed by atoms with Crippen molar-refractivity contribution in [3.63, 3.8) is 0 Å². The molecule has 5 nitrogen and oxygen atoms in total. The van der Waals surface area contributed by atoms with Crippen LogP contribution in [-0.4, -0.2) is 19.9 Å². The Morgan fingerprint density at radius 1 is 0.786 bits per heavy atom. The van der Waals surface area contributed by atoms with Crippen molar-refractivity contribution >= 4 is 38.0 Å². The largest absolute Gasteiger partial charge is 0.304 e. The van der Waals surface area contributed by atoms with E-state index in [0.29, 0.717) is 21.3 Å². The highest BCUT2D eigenvalue weighted by atomic mass is 79.9. The number of hydrogen-bond acceptors (Lipinski definition) is 4. The lowest BCUT2D eigenvalue weighted by Gasteiger charge is -2.11. The summed E-state index contributed by atoms with van der Waals surface area (Å²) in [6, 6.07) is 21.5. The van der Waals surface area contributed by atoms with Crippen molar-refractivity contribution in [1.29, 1.82) is 0 Å². The molecule has 0 atom stereocenters. The maximum atomic E-state index is 12.0. The van der Waals surface area contributed by atoms with E-state index in [0.717, 1.165) is 27.7 Å². The fraction of sp³-hybridized carbons (Fsp3) is 0. The third-order valence-corrected chi connectivity index (χ3v) is 5.15. The van der Waals surface area contributed by atoms with E-state index in [2.05, 4.69) is 32.0 Å².